The Morgan fingerprint density at radius 1 is 1.16 bits per heavy atom. The number of alkyl carbamates (subject to hydrolysis) is 1. The number of fused-ring (bicyclic) bond motifs is 1. The van der Waals surface area contributed by atoms with Gasteiger partial charge in [-0.05, 0) is 51.0 Å². The normalized spacial score (nSPS) is 13.1. The summed E-state index contributed by atoms with van der Waals surface area (Å²) < 4.78 is 5.22. The van der Waals surface area contributed by atoms with E-state index in [1.54, 1.807) is 32.5 Å². The third kappa shape index (κ3) is 9.26. The van der Waals surface area contributed by atoms with E-state index in [9.17, 15) is 9.59 Å². The highest BCUT2D eigenvalue weighted by Gasteiger charge is 2.22. The molecule has 0 unspecified atom stereocenters. The van der Waals surface area contributed by atoms with Crippen molar-refractivity contribution < 1.29 is 19.2 Å². The molecule has 3 N–H and O–H groups in total. The Kier molecular flexibility index (Phi) is 10.2. The van der Waals surface area contributed by atoms with Crippen molar-refractivity contribution in [3.05, 3.63) is 65.2 Å². The Labute approximate surface area is 223 Å². The van der Waals surface area contributed by atoms with Crippen molar-refractivity contribution in [3.8, 4) is 0 Å². The van der Waals surface area contributed by atoms with Crippen LogP contribution in [-0.2, 0) is 20.1 Å². The molecule has 1 heterocycles. The van der Waals surface area contributed by atoms with Crippen LogP contribution in [0.3, 0.4) is 0 Å². The first-order chi connectivity index (χ1) is 17.6. The number of amides is 2. The summed E-state index contributed by atoms with van der Waals surface area (Å²) in [7, 11) is 0. The fourth-order valence-electron chi connectivity index (χ4n) is 3.55. The molecule has 0 aliphatic carbocycles. The van der Waals surface area contributed by atoms with E-state index < -0.39 is 11.7 Å². The van der Waals surface area contributed by atoms with Gasteiger partial charge in [-0.2, -0.15) is 0 Å². The molecular formula is C28H36N4O4S. The molecule has 0 spiro atoms. The number of carbonyl (C=O) groups excluding carboxylic acids is 2. The summed E-state index contributed by atoms with van der Waals surface area (Å²) in [6.07, 6.45) is 2.23. The molecule has 8 nitrogen and oxygen atoms in total. The van der Waals surface area contributed by atoms with Crippen LogP contribution in [0.25, 0.3) is 6.08 Å². The number of benzene rings is 2. The van der Waals surface area contributed by atoms with Gasteiger partial charge in [-0.3, -0.25) is 9.63 Å². The van der Waals surface area contributed by atoms with Crippen LogP contribution in [0, 0.1) is 0 Å². The number of hydroxylamine groups is 2. The van der Waals surface area contributed by atoms with Crippen LogP contribution >= 0.6 is 11.8 Å². The van der Waals surface area contributed by atoms with Crippen molar-refractivity contribution in [1.29, 1.82) is 0 Å². The van der Waals surface area contributed by atoms with Crippen molar-refractivity contribution in [2.24, 2.45) is 10.7 Å². The SMILES string of the molecule is CCCN(OCCNC(=O)OC(C)(C)C)C(=O)C1=Cc2ccc(SCc3ccccc3)cc2N=C(N)C1. The zero-order valence-electron chi connectivity index (χ0n) is 22.0. The summed E-state index contributed by atoms with van der Waals surface area (Å²) in [5, 5.41) is 3.96. The van der Waals surface area contributed by atoms with Crippen molar-refractivity contribution in [3.63, 3.8) is 0 Å². The van der Waals surface area contributed by atoms with E-state index in [0.29, 0.717) is 24.4 Å². The summed E-state index contributed by atoms with van der Waals surface area (Å²) in [4.78, 5) is 36.6. The van der Waals surface area contributed by atoms with Crippen LogP contribution in [0.15, 0.2) is 64.0 Å². The van der Waals surface area contributed by atoms with Crippen molar-refractivity contribution >= 4 is 41.4 Å². The average molecular weight is 525 g/mol. The minimum absolute atomic E-state index is 0.125. The highest BCUT2D eigenvalue weighted by molar-refractivity contribution is 7.98. The molecule has 198 valence electrons. The second kappa shape index (κ2) is 13.3. The summed E-state index contributed by atoms with van der Waals surface area (Å²) in [6, 6.07) is 16.3. The number of nitrogens with zero attached hydrogens (tertiary/aromatic N) is 2. The van der Waals surface area contributed by atoms with Gasteiger partial charge in [0.05, 0.1) is 12.3 Å². The molecule has 37 heavy (non-hydrogen) atoms. The minimum atomic E-state index is -0.583. The van der Waals surface area contributed by atoms with Gasteiger partial charge in [-0.15, -0.1) is 11.8 Å². The molecule has 0 saturated carbocycles. The molecule has 3 rings (SSSR count). The van der Waals surface area contributed by atoms with Crippen LogP contribution < -0.4 is 11.1 Å². The van der Waals surface area contributed by atoms with Gasteiger partial charge in [0.25, 0.3) is 5.91 Å². The van der Waals surface area contributed by atoms with Crippen LogP contribution in [0.4, 0.5) is 10.5 Å². The predicted octanol–water partition coefficient (Wildman–Crippen LogP) is 5.45. The zero-order valence-corrected chi connectivity index (χ0v) is 22.8. The topological polar surface area (TPSA) is 106 Å². The number of rotatable bonds is 10. The van der Waals surface area contributed by atoms with E-state index >= 15 is 0 Å². The van der Waals surface area contributed by atoms with Crippen LogP contribution in [0.2, 0.25) is 0 Å². The molecule has 0 radical (unpaired) electrons. The average Bonchev–Trinajstić information content (AvgIpc) is 3.01. The molecule has 9 heteroatoms. The van der Waals surface area contributed by atoms with Crippen LogP contribution in [-0.4, -0.2) is 48.2 Å². The molecule has 0 fully saturated rings. The van der Waals surface area contributed by atoms with Gasteiger partial charge in [0.15, 0.2) is 0 Å². The standard InChI is InChI=1S/C28H36N4O4S/c1-5-14-32(35-15-13-30-27(34)36-28(2,3)4)26(33)22-16-21-11-12-23(18-24(21)31-25(29)17-22)37-19-20-9-7-6-8-10-20/h6-12,16,18H,5,13-15,17,19H2,1-4H3,(H2,29,31)(H,30,34). The van der Waals surface area contributed by atoms with E-state index in [1.165, 1.54) is 10.6 Å². The lowest BCUT2D eigenvalue weighted by atomic mass is 10.1. The lowest BCUT2D eigenvalue weighted by molar-refractivity contribution is -0.181. The molecule has 0 saturated heterocycles. The summed E-state index contributed by atoms with van der Waals surface area (Å²) >= 11 is 1.72. The summed E-state index contributed by atoms with van der Waals surface area (Å²) in [5.41, 5.74) is 8.93. The fourth-order valence-corrected chi connectivity index (χ4v) is 4.43. The maximum absolute atomic E-state index is 13.3. The molecule has 0 aromatic heterocycles. The monoisotopic (exact) mass is 524 g/mol. The third-order valence-corrected chi connectivity index (χ3v) is 6.23. The van der Waals surface area contributed by atoms with Crippen LogP contribution in [0.1, 0.15) is 51.7 Å². The Hall–Kier alpha value is -3.30. The van der Waals surface area contributed by atoms with E-state index in [0.717, 1.165) is 21.9 Å². The number of nitrogens with one attached hydrogen (secondary N) is 1. The Balaban J connectivity index is 1.65. The van der Waals surface area contributed by atoms with E-state index in [4.69, 9.17) is 15.3 Å². The molecule has 1 aliphatic rings. The largest absolute Gasteiger partial charge is 0.444 e. The molecule has 0 bridgehead atoms. The number of aliphatic imine (C=N–C) groups is 1. The van der Waals surface area contributed by atoms with E-state index in [-0.39, 0.29) is 25.5 Å². The number of ether oxygens (including phenoxy) is 1. The smallest absolute Gasteiger partial charge is 0.407 e. The predicted molar refractivity (Wildman–Crippen MR) is 149 cm³/mol. The maximum Gasteiger partial charge on any atom is 0.407 e. The zero-order chi connectivity index (χ0) is 26.8. The number of hydrogen-bond donors (Lipinski definition) is 2. The first kappa shape index (κ1) is 28.3. The van der Waals surface area contributed by atoms with E-state index in [2.05, 4.69) is 22.4 Å². The van der Waals surface area contributed by atoms with Gasteiger partial charge in [0.1, 0.15) is 11.4 Å². The Morgan fingerprint density at radius 3 is 2.62 bits per heavy atom. The first-order valence-corrected chi connectivity index (χ1v) is 13.4. The van der Waals surface area contributed by atoms with Crippen molar-refractivity contribution in [1.82, 2.24) is 10.4 Å². The Morgan fingerprint density at radius 2 is 1.92 bits per heavy atom. The maximum atomic E-state index is 13.3. The van der Waals surface area contributed by atoms with Gasteiger partial charge in [0, 0.05) is 41.3 Å². The quantitative estimate of drug-likeness (QED) is 0.243. The fraction of sp³-hybridized carbons (Fsp3) is 0.393. The molecule has 2 amide bonds. The molecule has 2 aromatic rings. The second-order valence-electron chi connectivity index (χ2n) is 9.61. The molecule has 2 aromatic carbocycles. The molecule has 0 atom stereocenters. The van der Waals surface area contributed by atoms with Crippen molar-refractivity contribution in [2.75, 3.05) is 19.7 Å². The van der Waals surface area contributed by atoms with E-state index in [1.807, 2.05) is 49.4 Å². The minimum Gasteiger partial charge on any atom is -0.444 e. The summed E-state index contributed by atoms with van der Waals surface area (Å²) in [5.74, 6) is 0.948. The van der Waals surface area contributed by atoms with Gasteiger partial charge in [0.2, 0.25) is 0 Å². The van der Waals surface area contributed by atoms with Crippen molar-refractivity contribution in [2.45, 2.75) is 56.8 Å². The number of thioether (sulfide) groups is 1. The van der Waals surface area contributed by atoms with Gasteiger partial charge in [-0.1, -0.05) is 43.3 Å². The van der Waals surface area contributed by atoms with Gasteiger partial charge in [-0.25, -0.2) is 14.9 Å². The highest BCUT2D eigenvalue weighted by atomic mass is 32.2. The highest BCUT2D eigenvalue weighted by Crippen LogP contribution is 2.33. The number of carbonyl (C=O) groups is 2. The molecule has 1 aliphatic heterocycles. The van der Waals surface area contributed by atoms with Gasteiger partial charge >= 0.3 is 6.09 Å². The van der Waals surface area contributed by atoms with Crippen LogP contribution in [0.5, 0.6) is 0 Å². The first-order valence-electron chi connectivity index (χ1n) is 12.4. The van der Waals surface area contributed by atoms with Gasteiger partial charge < -0.3 is 15.8 Å². The molecular weight excluding hydrogens is 488 g/mol. The number of amidine groups is 1. The summed E-state index contributed by atoms with van der Waals surface area (Å²) in [6.45, 7) is 8.08. The lowest BCUT2D eigenvalue weighted by Gasteiger charge is -2.23. The lowest BCUT2D eigenvalue weighted by Crippen LogP contribution is -2.38. The Bertz CT molecular complexity index is 1140. The third-order valence-electron chi connectivity index (χ3n) is 5.16. The number of hydrogen-bond acceptors (Lipinski definition) is 7. The second-order valence-corrected chi connectivity index (χ2v) is 10.7. The number of nitrogens with two attached hydrogens (primary N) is 1.